The number of urea groups is 1. The second-order valence-electron chi connectivity index (χ2n) is 5.74. The molecule has 0 aromatic rings. The van der Waals surface area contributed by atoms with Crippen LogP contribution in [0.25, 0.3) is 0 Å². The molecule has 0 aromatic heterocycles. The number of carbonyl (C=O) groups excluding carboxylic acids is 1. The molecule has 0 radical (unpaired) electrons. The third kappa shape index (κ3) is 5.36. The van der Waals surface area contributed by atoms with Gasteiger partial charge in [-0.05, 0) is 33.1 Å². The van der Waals surface area contributed by atoms with Gasteiger partial charge in [-0.1, -0.05) is 0 Å². The third-order valence-corrected chi connectivity index (χ3v) is 5.64. The highest BCUT2D eigenvalue weighted by molar-refractivity contribution is 7.92. The van der Waals surface area contributed by atoms with Crippen molar-refractivity contribution >= 4 is 21.8 Å². The van der Waals surface area contributed by atoms with Crippen molar-refractivity contribution in [2.75, 3.05) is 12.3 Å². The van der Waals surface area contributed by atoms with Crippen molar-refractivity contribution in [3.63, 3.8) is 0 Å². The maximum Gasteiger partial charge on any atom is 0.315 e. The third-order valence-electron chi connectivity index (χ3n) is 3.37. The second-order valence-corrected chi connectivity index (χ2v) is 8.14. The average molecular weight is 306 g/mol. The number of nitrogens with one attached hydrogen (secondary N) is 2. The first-order valence-electron chi connectivity index (χ1n) is 6.62. The number of rotatable bonds is 6. The fourth-order valence-corrected chi connectivity index (χ4v) is 3.89. The van der Waals surface area contributed by atoms with Gasteiger partial charge in [0.05, 0.1) is 11.0 Å². The van der Waals surface area contributed by atoms with Crippen LogP contribution in [0.5, 0.6) is 0 Å². The molecule has 1 rings (SSSR count). The molecule has 3 N–H and O–H groups in total. The smallest absolute Gasteiger partial charge is 0.315 e. The fourth-order valence-electron chi connectivity index (χ4n) is 2.13. The van der Waals surface area contributed by atoms with Crippen LogP contribution < -0.4 is 10.6 Å². The van der Waals surface area contributed by atoms with Crippen molar-refractivity contribution in [2.24, 2.45) is 0 Å². The van der Waals surface area contributed by atoms with Gasteiger partial charge in [-0.3, -0.25) is 4.79 Å². The predicted octanol–water partition coefficient (Wildman–Crippen LogP) is 0.506. The van der Waals surface area contributed by atoms with Crippen LogP contribution in [0.15, 0.2) is 0 Å². The highest BCUT2D eigenvalue weighted by atomic mass is 32.2. The van der Waals surface area contributed by atoms with E-state index in [9.17, 15) is 18.0 Å². The van der Waals surface area contributed by atoms with Crippen molar-refractivity contribution in [1.82, 2.24) is 10.6 Å². The van der Waals surface area contributed by atoms with Crippen LogP contribution in [-0.4, -0.2) is 48.6 Å². The van der Waals surface area contributed by atoms with Crippen LogP contribution in [0, 0.1) is 0 Å². The molecule has 0 spiro atoms. The molecule has 0 aliphatic carbocycles. The lowest BCUT2D eigenvalue weighted by molar-refractivity contribution is -0.137. The Bertz CT molecular complexity index is 472. The van der Waals surface area contributed by atoms with Crippen LogP contribution in [0.2, 0.25) is 0 Å². The van der Waals surface area contributed by atoms with Gasteiger partial charge in [0.15, 0.2) is 9.84 Å². The highest BCUT2D eigenvalue weighted by Crippen LogP contribution is 2.19. The molecule has 20 heavy (non-hydrogen) atoms. The molecule has 116 valence electrons. The molecule has 1 aliphatic heterocycles. The average Bonchev–Trinajstić information content (AvgIpc) is 2.63. The first-order valence-corrected chi connectivity index (χ1v) is 8.33. The Hall–Kier alpha value is -1.31. The lowest BCUT2D eigenvalue weighted by Gasteiger charge is -2.26. The van der Waals surface area contributed by atoms with Crippen molar-refractivity contribution in [3.05, 3.63) is 0 Å². The zero-order valence-electron chi connectivity index (χ0n) is 11.8. The summed E-state index contributed by atoms with van der Waals surface area (Å²) in [4.78, 5) is 22.2. The molecular formula is C12H22N2O5S. The van der Waals surface area contributed by atoms with Gasteiger partial charge in [-0.25, -0.2) is 13.2 Å². The summed E-state index contributed by atoms with van der Waals surface area (Å²) in [6, 6.07) is -0.470. The van der Waals surface area contributed by atoms with E-state index < -0.39 is 32.6 Å². The first-order chi connectivity index (χ1) is 9.12. The number of aliphatic carboxylic acids is 1. The van der Waals surface area contributed by atoms with Gasteiger partial charge in [-0.2, -0.15) is 0 Å². The van der Waals surface area contributed by atoms with Crippen LogP contribution >= 0.6 is 0 Å². The number of hydrogen-bond acceptors (Lipinski definition) is 4. The van der Waals surface area contributed by atoms with Crippen molar-refractivity contribution in [2.45, 2.75) is 50.3 Å². The van der Waals surface area contributed by atoms with E-state index in [-0.39, 0.29) is 18.7 Å². The van der Waals surface area contributed by atoms with Crippen molar-refractivity contribution in [1.29, 1.82) is 0 Å². The normalized spacial score (nSPS) is 21.4. The van der Waals surface area contributed by atoms with E-state index >= 15 is 0 Å². The van der Waals surface area contributed by atoms with E-state index in [0.717, 1.165) is 0 Å². The molecule has 0 saturated carbocycles. The lowest BCUT2D eigenvalue weighted by Crippen LogP contribution is -2.50. The molecule has 7 nitrogen and oxygen atoms in total. The minimum atomic E-state index is -3.07. The SMILES string of the molecule is CC(C)(CCC(=O)O)NC(=O)NCC1CCCS1(=O)=O. The lowest BCUT2D eigenvalue weighted by atomic mass is 9.99. The molecule has 2 amide bonds. The number of sulfone groups is 1. The van der Waals surface area contributed by atoms with Crippen LogP contribution in [0.3, 0.4) is 0 Å². The van der Waals surface area contributed by atoms with E-state index in [2.05, 4.69) is 10.6 Å². The quantitative estimate of drug-likeness (QED) is 0.661. The standard InChI is InChI=1S/C12H22N2O5S/c1-12(2,6-5-10(15)16)14-11(17)13-8-9-4-3-7-20(9,18)19/h9H,3-8H2,1-2H3,(H,15,16)(H2,13,14,17). The molecule has 8 heteroatoms. The number of carbonyl (C=O) groups is 2. The maximum atomic E-state index is 11.7. The number of hydrogen-bond donors (Lipinski definition) is 3. The van der Waals surface area contributed by atoms with E-state index in [1.165, 1.54) is 0 Å². The number of carboxylic acid groups (broad SMARTS) is 1. The van der Waals surface area contributed by atoms with Crippen LogP contribution in [-0.2, 0) is 14.6 Å². The Balaban J connectivity index is 2.38. The van der Waals surface area contributed by atoms with Gasteiger partial charge in [0.25, 0.3) is 0 Å². The summed E-state index contributed by atoms with van der Waals surface area (Å²) in [5, 5.41) is 13.3. The molecule has 0 aromatic carbocycles. The minimum absolute atomic E-state index is 0.0374. The summed E-state index contributed by atoms with van der Waals surface area (Å²) >= 11 is 0. The molecule has 1 heterocycles. The molecular weight excluding hydrogens is 284 g/mol. The largest absolute Gasteiger partial charge is 0.481 e. The summed E-state index contributed by atoms with van der Waals surface area (Å²) in [6.45, 7) is 3.55. The zero-order chi connectivity index (χ0) is 15.4. The summed E-state index contributed by atoms with van der Waals surface area (Å²) in [6.07, 6.45) is 1.48. The molecule has 0 bridgehead atoms. The van der Waals surface area contributed by atoms with Crippen LogP contribution in [0.4, 0.5) is 4.79 Å². The summed E-state index contributed by atoms with van der Waals surface area (Å²) in [5.41, 5.74) is -0.656. The predicted molar refractivity (Wildman–Crippen MR) is 74.3 cm³/mol. The van der Waals surface area contributed by atoms with E-state index in [1.54, 1.807) is 13.8 Å². The molecule has 1 fully saturated rings. The van der Waals surface area contributed by atoms with Crippen molar-refractivity contribution < 1.29 is 23.1 Å². The van der Waals surface area contributed by atoms with Gasteiger partial charge in [0, 0.05) is 18.5 Å². The Kier molecular flexibility index (Phi) is 5.38. The zero-order valence-corrected chi connectivity index (χ0v) is 12.6. The van der Waals surface area contributed by atoms with Gasteiger partial charge >= 0.3 is 12.0 Å². The molecule has 1 unspecified atom stereocenters. The molecule has 1 aliphatic rings. The Morgan fingerprint density at radius 1 is 1.35 bits per heavy atom. The highest BCUT2D eigenvalue weighted by Gasteiger charge is 2.31. The Labute approximate surface area is 119 Å². The van der Waals surface area contributed by atoms with E-state index in [4.69, 9.17) is 5.11 Å². The summed E-state index contributed by atoms with van der Waals surface area (Å²) < 4.78 is 23.2. The minimum Gasteiger partial charge on any atom is -0.481 e. The van der Waals surface area contributed by atoms with Crippen LogP contribution in [0.1, 0.15) is 39.5 Å². The Morgan fingerprint density at radius 3 is 2.50 bits per heavy atom. The van der Waals surface area contributed by atoms with Crippen molar-refractivity contribution in [3.8, 4) is 0 Å². The summed E-state index contributed by atoms with van der Waals surface area (Å²) in [5.74, 6) is -0.734. The number of carboxylic acids is 1. The molecule has 1 atom stereocenters. The second kappa shape index (κ2) is 6.43. The first kappa shape index (κ1) is 16.7. The van der Waals surface area contributed by atoms with Gasteiger partial charge in [-0.15, -0.1) is 0 Å². The van der Waals surface area contributed by atoms with E-state index in [0.29, 0.717) is 19.3 Å². The van der Waals surface area contributed by atoms with E-state index in [1.807, 2.05) is 0 Å². The topological polar surface area (TPSA) is 113 Å². The van der Waals surface area contributed by atoms with Gasteiger partial charge in [0.1, 0.15) is 0 Å². The number of amides is 2. The van der Waals surface area contributed by atoms with Gasteiger partial charge in [0.2, 0.25) is 0 Å². The Morgan fingerprint density at radius 2 is 2.00 bits per heavy atom. The molecule has 1 saturated heterocycles. The van der Waals surface area contributed by atoms with Gasteiger partial charge < -0.3 is 15.7 Å². The monoisotopic (exact) mass is 306 g/mol. The fraction of sp³-hybridized carbons (Fsp3) is 0.833. The summed E-state index contributed by atoms with van der Waals surface area (Å²) in [7, 11) is -3.07. The maximum absolute atomic E-state index is 11.7.